The molecule has 1 amide bonds. The van der Waals surface area contributed by atoms with Crippen LogP contribution >= 0.6 is 24.0 Å². The van der Waals surface area contributed by atoms with E-state index in [0.717, 1.165) is 5.69 Å². The standard InChI is InChI=1S/C14H14N2O3S2/c1-19-13(18)11-8-21-7-10-12(17)15(14(20)16(10)11)9-5-3-2-4-6-9/h2-6,10-11H,7-8H2,1H3. The number of carbonyl (C=O) groups excluding carboxylic acids is 2. The molecule has 1 aromatic rings. The van der Waals surface area contributed by atoms with Crippen LogP contribution in [0.3, 0.4) is 0 Å². The number of para-hydroxylation sites is 1. The van der Waals surface area contributed by atoms with E-state index in [2.05, 4.69) is 0 Å². The number of nitrogens with zero attached hydrogens (tertiary/aromatic N) is 2. The Morgan fingerprint density at radius 3 is 2.71 bits per heavy atom. The summed E-state index contributed by atoms with van der Waals surface area (Å²) in [5.74, 6) is 0.791. The molecule has 3 rings (SSSR count). The first-order chi connectivity index (χ1) is 10.1. The van der Waals surface area contributed by atoms with Gasteiger partial charge in [0.15, 0.2) is 5.11 Å². The molecule has 2 saturated heterocycles. The van der Waals surface area contributed by atoms with Crippen molar-refractivity contribution in [2.45, 2.75) is 12.1 Å². The Morgan fingerprint density at radius 2 is 2.05 bits per heavy atom. The summed E-state index contributed by atoms with van der Waals surface area (Å²) in [4.78, 5) is 27.8. The number of benzene rings is 1. The van der Waals surface area contributed by atoms with Gasteiger partial charge in [0.1, 0.15) is 12.1 Å². The largest absolute Gasteiger partial charge is 0.467 e. The highest BCUT2D eigenvalue weighted by Crippen LogP contribution is 2.33. The van der Waals surface area contributed by atoms with Crippen LogP contribution in [0.2, 0.25) is 0 Å². The van der Waals surface area contributed by atoms with E-state index in [1.54, 1.807) is 16.7 Å². The third kappa shape index (κ3) is 2.30. The SMILES string of the molecule is COC(=O)C1CSCC2C(=O)N(c3ccccc3)C(=S)N12. The first kappa shape index (κ1) is 14.3. The Hall–Kier alpha value is -1.60. The fraction of sp³-hybridized carbons (Fsp3) is 0.357. The molecule has 1 aromatic carbocycles. The van der Waals surface area contributed by atoms with Gasteiger partial charge in [-0.2, -0.15) is 11.8 Å². The van der Waals surface area contributed by atoms with Gasteiger partial charge in [-0.05, 0) is 24.4 Å². The van der Waals surface area contributed by atoms with E-state index in [1.807, 2.05) is 30.3 Å². The molecule has 0 aliphatic carbocycles. The van der Waals surface area contributed by atoms with Gasteiger partial charge in [-0.25, -0.2) is 4.79 Å². The number of thioether (sulfide) groups is 1. The van der Waals surface area contributed by atoms with Crippen LogP contribution in [0.5, 0.6) is 0 Å². The number of hydrogen-bond acceptors (Lipinski definition) is 5. The minimum Gasteiger partial charge on any atom is -0.467 e. The van der Waals surface area contributed by atoms with Crippen molar-refractivity contribution >= 4 is 46.7 Å². The molecule has 2 aliphatic rings. The van der Waals surface area contributed by atoms with E-state index in [9.17, 15) is 9.59 Å². The second-order valence-electron chi connectivity index (χ2n) is 4.79. The van der Waals surface area contributed by atoms with Crippen LogP contribution in [0.4, 0.5) is 5.69 Å². The highest BCUT2D eigenvalue weighted by Gasteiger charge is 2.50. The normalized spacial score (nSPS) is 25.0. The van der Waals surface area contributed by atoms with Crippen LogP contribution in [0.1, 0.15) is 0 Å². The van der Waals surface area contributed by atoms with Crippen LogP contribution in [0, 0.1) is 0 Å². The van der Waals surface area contributed by atoms with Crippen molar-refractivity contribution in [2.24, 2.45) is 0 Å². The number of rotatable bonds is 2. The van der Waals surface area contributed by atoms with E-state index in [1.165, 1.54) is 12.0 Å². The van der Waals surface area contributed by atoms with Crippen LogP contribution in [0.25, 0.3) is 0 Å². The van der Waals surface area contributed by atoms with Crippen molar-refractivity contribution in [3.05, 3.63) is 30.3 Å². The van der Waals surface area contributed by atoms with Crippen molar-refractivity contribution in [1.29, 1.82) is 0 Å². The Balaban J connectivity index is 1.96. The number of thiocarbonyl (C=S) groups is 1. The second kappa shape index (κ2) is 5.65. The maximum absolute atomic E-state index is 12.6. The van der Waals surface area contributed by atoms with Crippen LogP contribution in [0.15, 0.2) is 30.3 Å². The van der Waals surface area contributed by atoms with E-state index < -0.39 is 6.04 Å². The lowest BCUT2D eigenvalue weighted by Crippen LogP contribution is -2.53. The predicted molar refractivity (Wildman–Crippen MR) is 85.3 cm³/mol. The lowest BCUT2D eigenvalue weighted by atomic mass is 10.2. The van der Waals surface area contributed by atoms with Crippen molar-refractivity contribution in [1.82, 2.24) is 4.90 Å². The third-order valence-electron chi connectivity index (χ3n) is 3.63. The summed E-state index contributed by atoms with van der Waals surface area (Å²) < 4.78 is 4.84. The number of methoxy groups -OCH3 is 1. The molecule has 110 valence electrons. The van der Waals surface area contributed by atoms with E-state index >= 15 is 0 Å². The molecule has 2 fully saturated rings. The quantitative estimate of drug-likeness (QED) is 0.604. The van der Waals surface area contributed by atoms with Crippen molar-refractivity contribution in [3.63, 3.8) is 0 Å². The first-order valence-corrected chi connectivity index (χ1v) is 8.08. The minimum atomic E-state index is -0.496. The predicted octanol–water partition coefficient (Wildman–Crippen LogP) is 1.28. The number of esters is 1. The summed E-state index contributed by atoms with van der Waals surface area (Å²) in [5, 5.41) is 0.381. The first-order valence-electron chi connectivity index (χ1n) is 6.52. The Labute approximate surface area is 132 Å². The topological polar surface area (TPSA) is 49.9 Å². The number of fused-ring (bicyclic) bond motifs is 1. The van der Waals surface area contributed by atoms with Crippen molar-refractivity contribution < 1.29 is 14.3 Å². The smallest absolute Gasteiger partial charge is 0.329 e. The monoisotopic (exact) mass is 322 g/mol. The van der Waals surface area contributed by atoms with Gasteiger partial charge >= 0.3 is 5.97 Å². The zero-order valence-corrected chi connectivity index (χ0v) is 13.0. The minimum absolute atomic E-state index is 0.0766. The molecular formula is C14H14N2O3S2. The number of amides is 1. The molecule has 2 aliphatic heterocycles. The van der Waals surface area contributed by atoms with Crippen LogP contribution in [-0.2, 0) is 14.3 Å². The summed E-state index contributed by atoms with van der Waals surface area (Å²) in [7, 11) is 1.35. The van der Waals surface area contributed by atoms with Gasteiger partial charge in [0, 0.05) is 11.5 Å². The van der Waals surface area contributed by atoms with Crippen LogP contribution < -0.4 is 4.90 Å². The summed E-state index contributed by atoms with van der Waals surface area (Å²) in [5.41, 5.74) is 0.732. The number of carbonyl (C=O) groups is 2. The molecule has 2 unspecified atom stereocenters. The van der Waals surface area contributed by atoms with Gasteiger partial charge in [-0.15, -0.1) is 0 Å². The highest BCUT2D eigenvalue weighted by molar-refractivity contribution is 7.99. The molecule has 21 heavy (non-hydrogen) atoms. The summed E-state index contributed by atoms with van der Waals surface area (Å²) >= 11 is 7.03. The van der Waals surface area contributed by atoms with Crippen molar-refractivity contribution in [3.8, 4) is 0 Å². The summed E-state index contributed by atoms with van der Waals surface area (Å²) in [6, 6.07) is 8.38. The van der Waals surface area contributed by atoms with Gasteiger partial charge in [0.2, 0.25) is 0 Å². The van der Waals surface area contributed by atoms with Crippen LogP contribution in [-0.4, -0.2) is 52.6 Å². The van der Waals surface area contributed by atoms with Gasteiger partial charge < -0.3 is 9.64 Å². The second-order valence-corrected chi connectivity index (χ2v) is 6.23. The Bertz CT molecular complexity index is 593. The van der Waals surface area contributed by atoms with E-state index in [0.29, 0.717) is 16.6 Å². The summed E-state index contributed by atoms with van der Waals surface area (Å²) in [6.45, 7) is 0. The van der Waals surface area contributed by atoms with Crippen molar-refractivity contribution in [2.75, 3.05) is 23.5 Å². The molecule has 0 radical (unpaired) electrons. The number of hydrogen-bond donors (Lipinski definition) is 0. The zero-order valence-electron chi connectivity index (χ0n) is 11.4. The van der Waals surface area contributed by atoms with E-state index in [4.69, 9.17) is 17.0 Å². The molecule has 2 atom stereocenters. The van der Waals surface area contributed by atoms with Gasteiger partial charge in [0.25, 0.3) is 5.91 Å². The molecule has 0 aromatic heterocycles. The molecule has 7 heteroatoms. The maximum Gasteiger partial charge on any atom is 0.329 e. The average Bonchev–Trinajstić information content (AvgIpc) is 2.79. The molecule has 0 bridgehead atoms. The molecule has 0 N–H and O–H groups in total. The molecular weight excluding hydrogens is 308 g/mol. The average molecular weight is 322 g/mol. The molecule has 0 saturated carbocycles. The lowest BCUT2D eigenvalue weighted by molar-refractivity contribution is -0.145. The Morgan fingerprint density at radius 1 is 1.33 bits per heavy atom. The zero-order chi connectivity index (χ0) is 15.0. The summed E-state index contributed by atoms with van der Waals surface area (Å²) in [6.07, 6.45) is 0. The van der Waals surface area contributed by atoms with Gasteiger partial charge in [0.05, 0.1) is 12.8 Å². The molecule has 0 spiro atoms. The number of ether oxygens (including phenoxy) is 1. The van der Waals surface area contributed by atoms with Gasteiger partial charge in [-0.1, -0.05) is 18.2 Å². The Kier molecular flexibility index (Phi) is 3.86. The maximum atomic E-state index is 12.6. The lowest BCUT2D eigenvalue weighted by Gasteiger charge is -2.34. The van der Waals surface area contributed by atoms with E-state index in [-0.39, 0.29) is 17.9 Å². The fourth-order valence-corrected chi connectivity index (χ4v) is 4.25. The fourth-order valence-electron chi connectivity index (χ4n) is 2.62. The highest BCUT2D eigenvalue weighted by atomic mass is 32.2. The third-order valence-corrected chi connectivity index (χ3v) is 5.12. The number of anilines is 1. The van der Waals surface area contributed by atoms with Gasteiger partial charge in [-0.3, -0.25) is 9.69 Å². The molecule has 2 heterocycles. The molecule has 5 nitrogen and oxygen atoms in total.